The summed E-state index contributed by atoms with van der Waals surface area (Å²) in [4.78, 5) is 6.95. The zero-order valence-electron chi connectivity index (χ0n) is 14.2. The highest BCUT2D eigenvalue weighted by molar-refractivity contribution is 7.91. The highest BCUT2D eigenvalue weighted by Crippen LogP contribution is 2.35. The Labute approximate surface area is 140 Å². The Kier molecular flexibility index (Phi) is 5.07. The van der Waals surface area contributed by atoms with Crippen LogP contribution in [0.3, 0.4) is 0 Å². The standard InChI is InChI=1S/C18H28N2O2S/c1-14(2)10-17-7-6-15(11-19-17)12-20-8-9-23(21,22)13-18(20)16-4-3-5-16/h6-7,11,14,16,18H,3-5,8-10,12-13H2,1-2H3. The molecule has 0 N–H and O–H groups in total. The van der Waals surface area contributed by atoms with Gasteiger partial charge in [0, 0.05) is 31.0 Å². The number of sulfone groups is 1. The molecule has 1 saturated carbocycles. The van der Waals surface area contributed by atoms with Crippen molar-refractivity contribution in [1.82, 2.24) is 9.88 Å². The van der Waals surface area contributed by atoms with Gasteiger partial charge in [-0.25, -0.2) is 8.42 Å². The minimum absolute atomic E-state index is 0.206. The zero-order chi connectivity index (χ0) is 16.4. The summed E-state index contributed by atoms with van der Waals surface area (Å²) in [6, 6.07) is 4.48. The molecule has 0 spiro atoms. The van der Waals surface area contributed by atoms with Crippen LogP contribution in [0, 0.1) is 11.8 Å². The highest BCUT2D eigenvalue weighted by atomic mass is 32.2. The lowest BCUT2D eigenvalue weighted by molar-refractivity contribution is 0.103. The van der Waals surface area contributed by atoms with Gasteiger partial charge in [0.2, 0.25) is 0 Å². The van der Waals surface area contributed by atoms with Crippen LogP contribution < -0.4 is 0 Å². The first-order valence-electron chi connectivity index (χ1n) is 8.81. The van der Waals surface area contributed by atoms with Gasteiger partial charge in [-0.15, -0.1) is 0 Å². The summed E-state index contributed by atoms with van der Waals surface area (Å²) >= 11 is 0. The quantitative estimate of drug-likeness (QED) is 0.829. The molecule has 1 saturated heterocycles. The molecule has 2 aliphatic rings. The van der Waals surface area contributed by atoms with Gasteiger partial charge in [-0.1, -0.05) is 26.3 Å². The molecule has 2 heterocycles. The summed E-state index contributed by atoms with van der Waals surface area (Å²) in [5.41, 5.74) is 2.33. The monoisotopic (exact) mass is 336 g/mol. The van der Waals surface area contributed by atoms with Gasteiger partial charge in [0.25, 0.3) is 0 Å². The first kappa shape index (κ1) is 16.9. The number of nitrogens with zero attached hydrogens (tertiary/aromatic N) is 2. The van der Waals surface area contributed by atoms with Gasteiger partial charge in [-0.05, 0) is 42.7 Å². The number of hydrogen-bond donors (Lipinski definition) is 0. The Bertz CT molecular complexity index is 621. The Hall–Kier alpha value is -0.940. The van der Waals surface area contributed by atoms with E-state index in [4.69, 9.17) is 0 Å². The van der Waals surface area contributed by atoms with Gasteiger partial charge in [-0.2, -0.15) is 0 Å². The van der Waals surface area contributed by atoms with Crippen molar-refractivity contribution >= 4 is 9.84 Å². The molecule has 0 radical (unpaired) electrons. The van der Waals surface area contributed by atoms with Crippen LogP contribution in [0.2, 0.25) is 0 Å². The van der Waals surface area contributed by atoms with Gasteiger partial charge in [0.1, 0.15) is 0 Å². The fraction of sp³-hybridized carbons (Fsp3) is 0.722. The van der Waals surface area contributed by atoms with Crippen molar-refractivity contribution in [2.75, 3.05) is 18.1 Å². The van der Waals surface area contributed by atoms with E-state index >= 15 is 0 Å². The zero-order valence-corrected chi connectivity index (χ0v) is 15.1. The van der Waals surface area contributed by atoms with Crippen LogP contribution in [-0.4, -0.2) is 42.4 Å². The molecule has 3 rings (SSSR count). The van der Waals surface area contributed by atoms with E-state index in [0.717, 1.165) is 18.7 Å². The first-order valence-corrected chi connectivity index (χ1v) is 10.6. The van der Waals surface area contributed by atoms with Gasteiger partial charge in [-0.3, -0.25) is 9.88 Å². The Morgan fingerprint density at radius 3 is 2.65 bits per heavy atom. The second-order valence-corrected chi connectivity index (χ2v) is 9.83. The average Bonchev–Trinajstić information content (AvgIpc) is 2.41. The summed E-state index contributed by atoms with van der Waals surface area (Å²) < 4.78 is 24.0. The Morgan fingerprint density at radius 1 is 1.30 bits per heavy atom. The molecule has 1 unspecified atom stereocenters. The van der Waals surface area contributed by atoms with Crippen molar-refractivity contribution < 1.29 is 8.42 Å². The normalized spacial score (nSPS) is 25.4. The molecule has 4 nitrogen and oxygen atoms in total. The summed E-state index contributed by atoms with van der Waals surface area (Å²) in [5, 5.41) is 0. The van der Waals surface area contributed by atoms with Crippen molar-refractivity contribution in [2.45, 2.75) is 52.1 Å². The summed E-state index contributed by atoms with van der Waals surface area (Å²) in [6.07, 6.45) is 6.59. The average molecular weight is 337 g/mol. The summed E-state index contributed by atoms with van der Waals surface area (Å²) in [6.45, 7) is 5.89. The molecular weight excluding hydrogens is 308 g/mol. The second-order valence-electron chi connectivity index (χ2n) is 7.60. The Balaban J connectivity index is 1.67. The summed E-state index contributed by atoms with van der Waals surface area (Å²) in [5.74, 6) is 1.83. The van der Waals surface area contributed by atoms with Crippen LogP contribution in [0.25, 0.3) is 0 Å². The molecule has 1 atom stereocenters. The number of rotatable bonds is 5. The fourth-order valence-corrected chi connectivity index (χ4v) is 5.33. The van der Waals surface area contributed by atoms with Crippen LogP contribution >= 0.6 is 0 Å². The SMILES string of the molecule is CC(C)Cc1ccc(CN2CCS(=O)(=O)CC2C2CCC2)cn1. The molecule has 23 heavy (non-hydrogen) atoms. The Morgan fingerprint density at radius 2 is 2.09 bits per heavy atom. The lowest BCUT2D eigenvalue weighted by Gasteiger charge is -2.43. The van der Waals surface area contributed by atoms with Crippen LogP contribution in [0.15, 0.2) is 18.3 Å². The van der Waals surface area contributed by atoms with E-state index in [-0.39, 0.29) is 6.04 Å². The van der Waals surface area contributed by atoms with E-state index < -0.39 is 9.84 Å². The number of pyridine rings is 1. The van der Waals surface area contributed by atoms with E-state index in [1.807, 2.05) is 6.20 Å². The molecule has 0 bridgehead atoms. The van der Waals surface area contributed by atoms with Gasteiger partial charge in [0.15, 0.2) is 9.84 Å². The van der Waals surface area contributed by atoms with E-state index in [9.17, 15) is 8.42 Å². The third-order valence-corrected chi connectivity index (χ3v) is 6.82. The predicted molar refractivity (Wildman–Crippen MR) is 93.0 cm³/mol. The molecule has 1 aliphatic heterocycles. The minimum Gasteiger partial charge on any atom is -0.294 e. The third-order valence-electron chi connectivity index (χ3n) is 5.17. The fourth-order valence-electron chi connectivity index (χ4n) is 3.65. The third kappa shape index (κ3) is 4.32. The molecule has 0 amide bonds. The van der Waals surface area contributed by atoms with Gasteiger partial charge in [0.05, 0.1) is 11.5 Å². The topological polar surface area (TPSA) is 50.3 Å². The van der Waals surface area contributed by atoms with Crippen LogP contribution in [0.4, 0.5) is 0 Å². The van der Waals surface area contributed by atoms with Gasteiger partial charge >= 0.3 is 0 Å². The minimum atomic E-state index is -2.86. The van der Waals surface area contributed by atoms with Crippen LogP contribution in [0.5, 0.6) is 0 Å². The molecule has 1 aliphatic carbocycles. The van der Waals surface area contributed by atoms with E-state index in [1.54, 1.807) is 0 Å². The van der Waals surface area contributed by atoms with E-state index in [2.05, 4.69) is 35.9 Å². The molecule has 1 aromatic heterocycles. The molecule has 1 aromatic rings. The van der Waals surface area contributed by atoms with Gasteiger partial charge < -0.3 is 0 Å². The van der Waals surface area contributed by atoms with E-state index in [0.29, 0.717) is 29.9 Å². The lowest BCUT2D eigenvalue weighted by Crippen LogP contribution is -2.52. The van der Waals surface area contributed by atoms with Crippen molar-refractivity contribution in [3.05, 3.63) is 29.6 Å². The maximum atomic E-state index is 12.0. The molecule has 128 valence electrons. The van der Waals surface area contributed by atoms with Crippen molar-refractivity contribution in [2.24, 2.45) is 11.8 Å². The van der Waals surface area contributed by atoms with E-state index in [1.165, 1.54) is 24.8 Å². The van der Waals surface area contributed by atoms with Crippen LogP contribution in [-0.2, 0) is 22.8 Å². The second kappa shape index (κ2) is 6.89. The smallest absolute Gasteiger partial charge is 0.153 e. The largest absolute Gasteiger partial charge is 0.294 e. The predicted octanol–water partition coefficient (Wildman–Crippen LogP) is 2.68. The highest BCUT2D eigenvalue weighted by Gasteiger charge is 2.38. The first-order chi connectivity index (χ1) is 10.9. The van der Waals surface area contributed by atoms with Crippen molar-refractivity contribution in [3.63, 3.8) is 0 Å². The molecular formula is C18H28N2O2S. The van der Waals surface area contributed by atoms with Crippen LogP contribution in [0.1, 0.15) is 44.4 Å². The maximum Gasteiger partial charge on any atom is 0.153 e. The van der Waals surface area contributed by atoms with Crippen molar-refractivity contribution in [1.29, 1.82) is 0 Å². The number of hydrogen-bond acceptors (Lipinski definition) is 4. The lowest BCUT2D eigenvalue weighted by atomic mass is 9.79. The number of aromatic nitrogens is 1. The maximum absolute atomic E-state index is 12.0. The molecule has 5 heteroatoms. The summed E-state index contributed by atoms with van der Waals surface area (Å²) in [7, 11) is -2.86. The molecule has 0 aromatic carbocycles. The van der Waals surface area contributed by atoms with Crippen molar-refractivity contribution in [3.8, 4) is 0 Å². The molecule has 2 fully saturated rings.